The lowest BCUT2D eigenvalue weighted by molar-refractivity contribution is -0.118. The highest BCUT2D eigenvalue weighted by Gasteiger charge is 2.22. The summed E-state index contributed by atoms with van der Waals surface area (Å²) >= 11 is 0. The van der Waals surface area contributed by atoms with Crippen LogP contribution >= 0.6 is 0 Å². The smallest absolute Gasteiger partial charge is 0.241 e. The molecule has 0 heterocycles. The molecule has 0 saturated heterocycles. The normalized spacial score (nSPS) is 13.2. The van der Waals surface area contributed by atoms with Crippen molar-refractivity contribution in [3.8, 4) is 0 Å². The number of carbonyl (C=O) groups is 2. The number of carbonyl (C=O) groups excluding carboxylic acids is 2. The van der Waals surface area contributed by atoms with E-state index in [1.54, 1.807) is 24.3 Å². The Kier molecular flexibility index (Phi) is 8.60. The minimum absolute atomic E-state index is 0.0843. The zero-order valence-corrected chi connectivity index (χ0v) is 19.0. The molecule has 2 aromatic carbocycles. The van der Waals surface area contributed by atoms with Crippen molar-refractivity contribution in [2.75, 3.05) is 10.6 Å². The Morgan fingerprint density at radius 2 is 1.33 bits per heavy atom. The van der Waals surface area contributed by atoms with Gasteiger partial charge < -0.3 is 10.6 Å². The number of amides is 2. The molecule has 0 spiro atoms. The quantitative estimate of drug-likeness (QED) is 0.536. The fourth-order valence-electron chi connectivity index (χ4n) is 3.44. The van der Waals surface area contributed by atoms with E-state index in [2.05, 4.69) is 67.9 Å². The van der Waals surface area contributed by atoms with Crippen molar-refractivity contribution < 1.29 is 9.59 Å². The van der Waals surface area contributed by atoms with Gasteiger partial charge in [-0.25, -0.2) is 0 Å². The van der Waals surface area contributed by atoms with Crippen LogP contribution in [0.2, 0.25) is 0 Å². The molecule has 5 heteroatoms. The van der Waals surface area contributed by atoms with Gasteiger partial charge in [-0.3, -0.25) is 14.9 Å². The highest BCUT2D eigenvalue weighted by molar-refractivity contribution is 5.95. The van der Waals surface area contributed by atoms with E-state index in [0.29, 0.717) is 23.2 Å². The van der Waals surface area contributed by atoms with E-state index in [1.165, 1.54) is 18.1 Å². The van der Waals surface area contributed by atoms with Crippen molar-refractivity contribution in [1.82, 2.24) is 5.32 Å². The monoisotopic (exact) mass is 409 g/mol. The third kappa shape index (κ3) is 7.30. The number of nitrogens with one attached hydrogen (secondary N) is 3. The SMILES string of the molecule is CC(=O)Nc1ccc(NC(=O)[C@H](C)N[C@@H](c2ccc(CC(C)C)cc2)C(C)C)cc1. The van der Waals surface area contributed by atoms with E-state index in [4.69, 9.17) is 0 Å². The lowest BCUT2D eigenvalue weighted by Gasteiger charge is -2.27. The molecule has 2 aromatic rings. The Morgan fingerprint density at radius 3 is 1.80 bits per heavy atom. The molecule has 2 atom stereocenters. The zero-order valence-electron chi connectivity index (χ0n) is 19.0. The predicted octanol–water partition coefficient (Wildman–Crippen LogP) is 5.16. The third-order valence-corrected chi connectivity index (χ3v) is 4.95. The molecule has 3 N–H and O–H groups in total. The molecule has 0 aliphatic rings. The second kappa shape index (κ2) is 10.9. The van der Waals surface area contributed by atoms with Crippen molar-refractivity contribution >= 4 is 23.2 Å². The van der Waals surface area contributed by atoms with Crippen LogP contribution in [0.5, 0.6) is 0 Å². The van der Waals surface area contributed by atoms with Gasteiger partial charge in [0.05, 0.1) is 6.04 Å². The molecule has 0 fully saturated rings. The third-order valence-electron chi connectivity index (χ3n) is 4.95. The van der Waals surface area contributed by atoms with Crippen LogP contribution in [0.25, 0.3) is 0 Å². The molecule has 162 valence electrons. The van der Waals surface area contributed by atoms with Crippen molar-refractivity contribution in [2.45, 2.75) is 60.0 Å². The standard InChI is InChI=1S/C25H35N3O2/c1-16(2)15-20-7-9-21(10-8-20)24(17(3)4)26-18(5)25(30)28-23-13-11-22(12-14-23)27-19(6)29/h7-14,16-18,24,26H,15H2,1-6H3,(H,27,29)(H,28,30)/t18-,24+/m0/s1. The van der Waals surface area contributed by atoms with Crippen LogP contribution in [0.15, 0.2) is 48.5 Å². The van der Waals surface area contributed by atoms with Crippen molar-refractivity contribution in [3.63, 3.8) is 0 Å². The average molecular weight is 410 g/mol. The van der Waals surface area contributed by atoms with E-state index >= 15 is 0 Å². The van der Waals surface area contributed by atoms with Gasteiger partial charge in [-0.1, -0.05) is 52.0 Å². The molecule has 0 radical (unpaired) electrons. The highest BCUT2D eigenvalue weighted by Crippen LogP contribution is 2.24. The minimum Gasteiger partial charge on any atom is -0.326 e. The molecule has 0 bridgehead atoms. The maximum absolute atomic E-state index is 12.7. The summed E-state index contributed by atoms with van der Waals surface area (Å²) in [6.45, 7) is 12.1. The summed E-state index contributed by atoms with van der Waals surface area (Å²) in [7, 11) is 0. The summed E-state index contributed by atoms with van der Waals surface area (Å²) in [5.41, 5.74) is 3.93. The van der Waals surface area contributed by atoms with Gasteiger partial charge in [0, 0.05) is 24.3 Å². The van der Waals surface area contributed by atoms with Gasteiger partial charge in [0.25, 0.3) is 0 Å². The second-order valence-electron chi connectivity index (χ2n) is 8.70. The number of hydrogen-bond donors (Lipinski definition) is 3. The van der Waals surface area contributed by atoms with Crippen LogP contribution in [0, 0.1) is 11.8 Å². The summed E-state index contributed by atoms with van der Waals surface area (Å²) in [6.07, 6.45) is 1.07. The van der Waals surface area contributed by atoms with Crippen molar-refractivity contribution in [2.24, 2.45) is 11.8 Å². The second-order valence-corrected chi connectivity index (χ2v) is 8.70. The molecule has 30 heavy (non-hydrogen) atoms. The van der Waals surface area contributed by atoms with Gasteiger partial charge in [-0.15, -0.1) is 0 Å². The minimum atomic E-state index is -0.359. The first kappa shape index (κ1) is 23.6. The maximum atomic E-state index is 12.7. The topological polar surface area (TPSA) is 70.2 Å². The van der Waals surface area contributed by atoms with Crippen LogP contribution in [0.4, 0.5) is 11.4 Å². The Balaban J connectivity index is 2.00. The van der Waals surface area contributed by atoms with Gasteiger partial charge >= 0.3 is 0 Å². The molecular weight excluding hydrogens is 374 g/mol. The number of anilines is 2. The lowest BCUT2D eigenvalue weighted by Crippen LogP contribution is -2.41. The molecule has 0 aliphatic heterocycles. The number of benzene rings is 2. The average Bonchev–Trinajstić information content (AvgIpc) is 2.67. The van der Waals surface area contributed by atoms with Gasteiger partial charge in [-0.05, 0) is 60.6 Å². The van der Waals surface area contributed by atoms with E-state index in [9.17, 15) is 9.59 Å². The van der Waals surface area contributed by atoms with E-state index in [1.807, 2.05) is 6.92 Å². The fourth-order valence-corrected chi connectivity index (χ4v) is 3.44. The van der Waals surface area contributed by atoms with Gasteiger partial charge in [0.2, 0.25) is 11.8 Å². The molecular formula is C25H35N3O2. The Labute approximate surface area is 180 Å². The summed E-state index contributed by atoms with van der Waals surface area (Å²) in [6, 6.07) is 15.5. The fraction of sp³-hybridized carbons (Fsp3) is 0.440. The molecule has 2 amide bonds. The molecule has 2 rings (SSSR count). The van der Waals surface area contributed by atoms with Gasteiger partial charge in [0.1, 0.15) is 0 Å². The van der Waals surface area contributed by atoms with Crippen LogP contribution in [-0.4, -0.2) is 17.9 Å². The van der Waals surface area contributed by atoms with Crippen LogP contribution < -0.4 is 16.0 Å². The highest BCUT2D eigenvalue weighted by atomic mass is 16.2. The Morgan fingerprint density at radius 1 is 0.800 bits per heavy atom. The summed E-state index contributed by atoms with van der Waals surface area (Å²) in [4.78, 5) is 23.8. The summed E-state index contributed by atoms with van der Waals surface area (Å²) in [5, 5.41) is 9.13. The van der Waals surface area contributed by atoms with Gasteiger partial charge in [0.15, 0.2) is 0 Å². The zero-order chi connectivity index (χ0) is 22.3. The van der Waals surface area contributed by atoms with Crippen LogP contribution in [-0.2, 0) is 16.0 Å². The Hall–Kier alpha value is -2.66. The summed E-state index contributed by atoms with van der Waals surface area (Å²) in [5.74, 6) is 0.755. The van der Waals surface area contributed by atoms with Crippen molar-refractivity contribution in [3.05, 3.63) is 59.7 Å². The molecule has 5 nitrogen and oxygen atoms in total. The molecule has 0 unspecified atom stereocenters. The summed E-state index contributed by atoms with van der Waals surface area (Å²) < 4.78 is 0. The van der Waals surface area contributed by atoms with Crippen LogP contribution in [0.3, 0.4) is 0 Å². The first-order valence-electron chi connectivity index (χ1n) is 10.7. The van der Waals surface area contributed by atoms with E-state index in [0.717, 1.165) is 6.42 Å². The number of rotatable bonds is 9. The maximum Gasteiger partial charge on any atom is 0.241 e. The van der Waals surface area contributed by atoms with Crippen molar-refractivity contribution in [1.29, 1.82) is 0 Å². The molecule has 0 aliphatic carbocycles. The molecule has 0 aromatic heterocycles. The first-order chi connectivity index (χ1) is 14.2. The molecule has 0 saturated carbocycles. The largest absolute Gasteiger partial charge is 0.326 e. The number of hydrogen-bond acceptors (Lipinski definition) is 3. The lowest BCUT2D eigenvalue weighted by atomic mass is 9.93. The van der Waals surface area contributed by atoms with E-state index < -0.39 is 0 Å². The van der Waals surface area contributed by atoms with E-state index in [-0.39, 0.29) is 23.9 Å². The predicted molar refractivity (Wildman–Crippen MR) is 125 cm³/mol. The van der Waals surface area contributed by atoms with Gasteiger partial charge in [-0.2, -0.15) is 0 Å². The van der Waals surface area contributed by atoms with Crippen LogP contribution in [0.1, 0.15) is 58.7 Å². The first-order valence-corrected chi connectivity index (χ1v) is 10.7. The Bertz CT molecular complexity index is 826.